The Bertz CT molecular complexity index is 1020. The van der Waals surface area contributed by atoms with Gasteiger partial charge in [0.05, 0.1) is 22.8 Å². The Kier molecular flexibility index (Phi) is 8.27. The summed E-state index contributed by atoms with van der Waals surface area (Å²) in [7, 11) is 0. The molecular formula is C21H29Cl2N5OS. The molecule has 4 rings (SSSR count). The number of rotatable bonds is 4. The lowest BCUT2D eigenvalue weighted by Gasteiger charge is -2.24. The Morgan fingerprint density at radius 3 is 2.67 bits per heavy atom. The van der Waals surface area contributed by atoms with Crippen LogP contribution in [-0.4, -0.2) is 39.8 Å². The Morgan fingerprint density at radius 1 is 1.30 bits per heavy atom. The fourth-order valence-electron chi connectivity index (χ4n) is 3.85. The van der Waals surface area contributed by atoms with Crippen molar-refractivity contribution in [1.82, 2.24) is 25.4 Å². The molecule has 2 N–H and O–H groups in total. The number of hydrogen-bond acceptors (Lipinski definition) is 5. The van der Waals surface area contributed by atoms with Gasteiger partial charge in [0.15, 0.2) is 5.65 Å². The van der Waals surface area contributed by atoms with Crippen LogP contribution in [0.5, 0.6) is 0 Å². The number of carbonyl (C=O) groups is 1. The molecule has 4 heterocycles. The van der Waals surface area contributed by atoms with Crippen molar-refractivity contribution in [3.05, 3.63) is 33.6 Å². The number of aromatic nitrogens is 3. The van der Waals surface area contributed by atoms with E-state index in [1.807, 2.05) is 10.7 Å². The van der Waals surface area contributed by atoms with Crippen LogP contribution in [0, 0.1) is 13.8 Å². The first-order valence-electron chi connectivity index (χ1n) is 9.91. The van der Waals surface area contributed by atoms with Gasteiger partial charge in [-0.25, -0.2) is 9.67 Å². The highest BCUT2D eigenvalue weighted by Crippen LogP contribution is 2.32. The van der Waals surface area contributed by atoms with Crippen molar-refractivity contribution in [2.24, 2.45) is 0 Å². The highest BCUT2D eigenvalue weighted by atomic mass is 35.5. The standard InChI is InChI=1S/C21H27N5OS.2ClH/c1-12(2)26-20-18(11-23-26)17(21(27)24-15-6-5-7-22-10-15)9-19(25-20)16-8-13(3)28-14(16)4;;/h8-9,11-12,15,22H,5-7,10H2,1-4H3,(H,24,27);2*1H/t15-;;/m0../s1. The van der Waals surface area contributed by atoms with Crippen LogP contribution in [0.2, 0.25) is 0 Å². The van der Waals surface area contributed by atoms with E-state index in [0.29, 0.717) is 5.56 Å². The topological polar surface area (TPSA) is 71.8 Å². The van der Waals surface area contributed by atoms with Gasteiger partial charge in [-0.2, -0.15) is 5.10 Å². The number of aryl methyl sites for hydroxylation is 2. The van der Waals surface area contributed by atoms with Crippen LogP contribution < -0.4 is 10.6 Å². The van der Waals surface area contributed by atoms with Crippen LogP contribution in [0.3, 0.4) is 0 Å². The minimum atomic E-state index is -0.0461. The van der Waals surface area contributed by atoms with Gasteiger partial charge in [-0.1, -0.05) is 0 Å². The molecule has 0 aromatic carbocycles. The van der Waals surface area contributed by atoms with E-state index in [2.05, 4.69) is 49.5 Å². The van der Waals surface area contributed by atoms with E-state index in [4.69, 9.17) is 4.98 Å². The van der Waals surface area contributed by atoms with Gasteiger partial charge in [-0.05, 0) is 59.2 Å². The van der Waals surface area contributed by atoms with Crippen LogP contribution in [0.1, 0.15) is 52.8 Å². The molecule has 1 aliphatic heterocycles. The van der Waals surface area contributed by atoms with Gasteiger partial charge in [-0.15, -0.1) is 36.2 Å². The van der Waals surface area contributed by atoms with E-state index >= 15 is 0 Å². The maximum atomic E-state index is 13.2. The smallest absolute Gasteiger partial charge is 0.252 e. The molecule has 1 saturated heterocycles. The van der Waals surface area contributed by atoms with E-state index in [0.717, 1.165) is 48.2 Å². The number of nitrogens with one attached hydrogen (secondary N) is 2. The van der Waals surface area contributed by atoms with Crippen molar-refractivity contribution in [2.75, 3.05) is 13.1 Å². The fourth-order valence-corrected chi connectivity index (χ4v) is 4.78. The molecule has 30 heavy (non-hydrogen) atoms. The van der Waals surface area contributed by atoms with Crippen LogP contribution >= 0.6 is 36.2 Å². The number of nitrogens with zero attached hydrogens (tertiary/aromatic N) is 3. The third kappa shape index (κ3) is 4.80. The largest absolute Gasteiger partial charge is 0.348 e. The molecule has 6 nitrogen and oxygen atoms in total. The third-order valence-electron chi connectivity index (χ3n) is 5.25. The maximum absolute atomic E-state index is 13.2. The molecule has 0 bridgehead atoms. The zero-order chi connectivity index (χ0) is 19.8. The predicted octanol–water partition coefficient (Wildman–Crippen LogP) is 4.68. The van der Waals surface area contributed by atoms with E-state index in [1.165, 1.54) is 9.75 Å². The summed E-state index contributed by atoms with van der Waals surface area (Å²) in [6, 6.07) is 4.41. The zero-order valence-electron chi connectivity index (χ0n) is 17.7. The van der Waals surface area contributed by atoms with Gasteiger partial charge in [-0.3, -0.25) is 4.79 Å². The van der Waals surface area contributed by atoms with Gasteiger partial charge in [0.2, 0.25) is 0 Å². The summed E-state index contributed by atoms with van der Waals surface area (Å²) in [6.45, 7) is 10.2. The maximum Gasteiger partial charge on any atom is 0.252 e. The first kappa shape index (κ1) is 24.6. The van der Waals surface area contributed by atoms with Crippen molar-refractivity contribution in [1.29, 1.82) is 0 Å². The molecular weight excluding hydrogens is 441 g/mol. The molecule has 0 radical (unpaired) electrons. The summed E-state index contributed by atoms with van der Waals surface area (Å²) in [5, 5.41) is 11.9. The molecule has 3 aromatic heterocycles. The number of pyridine rings is 1. The Labute approximate surface area is 193 Å². The van der Waals surface area contributed by atoms with Gasteiger partial charge >= 0.3 is 0 Å². The van der Waals surface area contributed by atoms with Crippen LogP contribution in [0.15, 0.2) is 18.3 Å². The average Bonchev–Trinajstić information content (AvgIpc) is 3.24. The molecule has 164 valence electrons. The summed E-state index contributed by atoms with van der Waals surface area (Å²) in [4.78, 5) is 20.5. The zero-order valence-corrected chi connectivity index (χ0v) is 20.1. The van der Waals surface area contributed by atoms with E-state index in [1.54, 1.807) is 17.5 Å². The number of fused-ring (bicyclic) bond motifs is 1. The lowest BCUT2D eigenvalue weighted by molar-refractivity contribution is 0.0932. The van der Waals surface area contributed by atoms with Gasteiger partial charge in [0.1, 0.15) is 0 Å². The second-order valence-electron chi connectivity index (χ2n) is 7.82. The Hall–Kier alpha value is -1.67. The molecule has 9 heteroatoms. The molecule has 1 amide bonds. The van der Waals surface area contributed by atoms with Crippen molar-refractivity contribution in [3.8, 4) is 11.3 Å². The van der Waals surface area contributed by atoms with E-state index in [-0.39, 0.29) is 42.8 Å². The lowest BCUT2D eigenvalue weighted by atomic mass is 10.0. The van der Waals surface area contributed by atoms with Gasteiger partial charge < -0.3 is 10.6 Å². The minimum absolute atomic E-state index is 0. The second kappa shape index (κ2) is 10.1. The van der Waals surface area contributed by atoms with Crippen molar-refractivity contribution in [3.63, 3.8) is 0 Å². The van der Waals surface area contributed by atoms with E-state index in [9.17, 15) is 4.79 Å². The van der Waals surface area contributed by atoms with Crippen LogP contribution in [0.25, 0.3) is 22.3 Å². The van der Waals surface area contributed by atoms with Crippen molar-refractivity contribution < 1.29 is 4.79 Å². The Balaban J connectivity index is 0.00000160. The minimum Gasteiger partial charge on any atom is -0.348 e. The quantitative estimate of drug-likeness (QED) is 0.581. The van der Waals surface area contributed by atoms with Crippen LogP contribution in [0.4, 0.5) is 0 Å². The summed E-state index contributed by atoms with van der Waals surface area (Å²) >= 11 is 1.75. The second-order valence-corrected chi connectivity index (χ2v) is 9.28. The normalized spacial score (nSPS) is 16.2. The van der Waals surface area contributed by atoms with Gasteiger partial charge in [0.25, 0.3) is 5.91 Å². The summed E-state index contributed by atoms with van der Waals surface area (Å²) in [5.41, 5.74) is 3.35. The molecule has 0 unspecified atom stereocenters. The van der Waals surface area contributed by atoms with Crippen molar-refractivity contribution >= 4 is 53.1 Å². The SMILES string of the molecule is Cc1cc(-c2cc(C(=O)N[C@H]3CCCNC3)c3cnn(C(C)C)c3n2)c(C)s1.Cl.Cl. The molecule has 1 aliphatic rings. The monoisotopic (exact) mass is 469 g/mol. The predicted molar refractivity (Wildman–Crippen MR) is 129 cm³/mol. The highest BCUT2D eigenvalue weighted by molar-refractivity contribution is 7.12. The lowest BCUT2D eigenvalue weighted by Crippen LogP contribution is -2.45. The molecule has 1 fully saturated rings. The highest BCUT2D eigenvalue weighted by Gasteiger charge is 2.22. The van der Waals surface area contributed by atoms with E-state index < -0.39 is 0 Å². The van der Waals surface area contributed by atoms with Gasteiger partial charge in [0, 0.05) is 33.9 Å². The number of hydrogen-bond donors (Lipinski definition) is 2. The molecule has 0 aliphatic carbocycles. The van der Waals surface area contributed by atoms with Crippen LogP contribution in [-0.2, 0) is 0 Å². The number of halogens is 2. The van der Waals surface area contributed by atoms with Crippen molar-refractivity contribution in [2.45, 2.75) is 52.6 Å². The summed E-state index contributed by atoms with van der Waals surface area (Å²) in [6.07, 6.45) is 3.86. The molecule has 0 saturated carbocycles. The Morgan fingerprint density at radius 2 is 2.07 bits per heavy atom. The molecule has 0 spiro atoms. The third-order valence-corrected chi connectivity index (χ3v) is 6.22. The summed E-state index contributed by atoms with van der Waals surface area (Å²) < 4.78 is 1.90. The number of piperidine rings is 1. The average molecular weight is 470 g/mol. The molecule has 3 aromatic rings. The first-order valence-corrected chi connectivity index (χ1v) is 10.7. The molecule has 1 atom stereocenters. The number of carbonyl (C=O) groups excluding carboxylic acids is 1. The number of amides is 1. The fraction of sp³-hybridized carbons (Fsp3) is 0.476. The number of thiophene rings is 1. The first-order chi connectivity index (χ1) is 13.4. The summed E-state index contributed by atoms with van der Waals surface area (Å²) in [5.74, 6) is -0.0461.